The van der Waals surface area contributed by atoms with Gasteiger partial charge in [-0.1, -0.05) is 20.3 Å². The van der Waals surface area contributed by atoms with Crippen molar-refractivity contribution in [3.05, 3.63) is 0 Å². The fourth-order valence-corrected chi connectivity index (χ4v) is 3.84. The van der Waals surface area contributed by atoms with Gasteiger partial charge in [-0.05, 0) is 58.0 Å². The molecule has 0 amide bonds. The molecule has 0 spiro atoms. The average molecular weight is 296 g/mol. The van der Waals surface area contributed by atoms with Crippen molar-refractivity contribution in [3.63, 3.8) is 0 Å². The molecule has 2 rings (SSSR count). The smallest absolute Gasteiger partial charge is 0.327 e. The Morgan fingerprint density at radius 3 is 2.57 bits per heavy atom. The average Bonchev–Trinajstić information content (AvgIpc) is 3.32. The molecule has 1 aliphatic heterocycles. The quantitative estimate of drug-likeness (QED) is 0.699. The highest BCUT2D eigenvalue weighted by atomic mass is 16.5. The van der Waals surface area contributed by atoms with E-state index in [0.717, 1.165) is 32.5 Å². The van der Waals surface area contributed by atoms with Gasteiger partial charge in [0.25, 0.3) is 0 Å². The Bertz CT molecular complexity index is 344. The van der Waals surface area contributed by atoms with Crippen molar-refractivity contribution in [2.45, 2.75) is 70.9 Å². The maximum absolute atomic E-state index is 12.7. The van der Waals surface area contributed by atoms with Gasteiger partial charge in [-0.25, -0.2) is 4.79 Å². The monoisotopic (exact) mass is 296 g/mol. The van der Waals surface area contributed by atoms with Gasteiger partial charge in [0.05, 0.1) is 6.61 Å². The molecular formula is C17H32N2O2. The van der Waals surface area contributed by atoms with Gasteiger partial charge in [-0.15, -0.1) is 0 Å². The van der Waals surface area contributed by atoms with Crippen LogP contribution in [0.1, 0.15) is 59.3 Å². The minimum absolute atomic E-state index is 0.0326. The summed E-state index contributed by atoms with van der Waals surface area (Å²) in [6.07, 6.45) is 7.33. The second-order valence-electron chi connectivity index (χ2n) is 6.52. The van der Waals surface area contributed by atoms with E-state index in [1.54, 1.807) is 0 Å². The van der Waals surface area contributed by atoms with E-state index in [1.165, 1.54) is 25.7 Å². The predicted octanol–water partition coefficient (Wildman–Crippen LogP) is 2.57. The minimum atomic E-state index is -0.477. The molecule has 4 heteroatoms. The standard InChI is InChI=1S/C17H32N2O2/c1-4-15-9-7-8-12-19(15)13-17(18-5-2,14-10-11-14)16(20)21-6-3/h14-15,18H,4-13H2,1-3H3. The third-order valence-corrected chi connectivity index (χ3v) is 5.08. The molecule has 2 unspecified atom stereocenters. The highest BCUT2D eigenvalue weighted by molar-refractivity contribution is 5.82. The normalized spacial score (nSPS) is 26.3. The topological polar surface area (TPSA) is 41.6 Å². The van der Waals surface area contributed by atoms with Crippen LogP contribution in [-0.4, -0.2) is 48.7 Å². The van der Waals surface area contributed by atoms with Crippen molar-refractivity contribution in [2.24, 2.45) is 5.92 Å². The molecule has 2 aliphatic rings. The number of hydrogen-bond donors (Lipinski definition) is 1. The number of nitrogens with zero attached hydrogens (tertiary/aromatic N) is 1. The van der Waals surface area contributed by atoms with E-state index < -0.39 is 5.54 Å². The summed E-state index contributed by atoms with van der Waals surface area (Å²) in [5, 5.41) is 3.52. The van der Waals surface area contributed by atoms with Crippen LogP contribution in [-0.2, 0) is 9.53 Å². The van der Waals surface area contributed by atoms with Crippen molar-refractivity contribution >= 4 is 5.97 Å². The zero-order valence-corrected chi connectivity index (χ0v) is 14.0. The summed E-state index contributed by atoms with van der Waals surface area (Å²) in [4.78, 5) is 15.2. The van der Waals surface area contributed by atoms with Crippen LogP contribution in [0.2, 0.25) is 0 Å². The molecule has 0 aromatic carbocycles. The van der Waals surface area contributed by atoms with Gasteiger partial charge >= 0.3 is 5.97 Å². The molecule has 2 atom stereocenters. The van der Waals surface area contributed by atoms with E-state index in [1.807, 2.05) is 6.92 Å². The van der Waals surface area contributed by atoms with E-state index in [-0.39, 0.29) is 5.97 Å². The van der Waals surface area contributed by atoms with Crippen LogP contribution in [0.4, 0.5) is 0 Å². The highest BCUT2D eigenvalue weighted by Gasteiger charge is 2.52. The Balaban J connectivity index is 2.15. The fraction of sp³-hybridized carbons (Fsp3) is 0.941. The summed E-state index contributed by atoms with van der Waals surface area (Å²) >= 11 is 0. The lowest BCUT2D eigenvalue weighted by molar-refractivity contribution is -0.154. The lowest BCUT2D eigenvalue weighted by Gasteiger charge is -2.42. The first-order valence-electron chi connectivity index (χ1n) is 8.84. The van der Waals surface area contributed by atoms with Gasteiger partial charge in [0.1, 0.15) is 5.54 Å². The second kappa shape index (κ2) is 7.59. The zero-order valence-electron chi connectivity index (χ0n) is 14.0. The van der Waals surface area contributed by atoms with E-state index in [0.29, 0.717) is 18.6 Å². The van der Waals surface area contributed by atoms with Crippen molar-refractivity contribution in [1.82, 2.24) is 10.2 Å². The lowest BCUT2D eigenvalue weighted by atomic mass is 9.89. The second-order valence-corrected chi connectivity index (χ2v) is 6.52. The van der Waals surface area contributed by atoms with Crippen molar-refractivity contribution in [3.8, 4) is 0 Å². The lowest BCUT2D eigenvalue weighted by Crippen LogP contribution is -2.63. The molecule has 1 saturated heterocycles. The van der Waals surface area contributed by atoms with Gasteiger partial charge in [-0.3, -0.25) is 4.90 Å². The molecule has 122 valence electrons. The summed E-state index contributed by atoms with van der Waals surface area (Å²) in [5.41, 5.74) is -0.477. The number of carbonyl (C=O) groups is 1. The Morgan fingerprint density at radius 2 is 2.00 bits per heavy atom. The molecule has 0 radical (unpaired) electrons. The molecule has 1 aliphatic carbocycles. The van der Waals surface area contributed by atoms with Gasteiger partial charge in [-0.2, -0.15) is 0 Å². The first-order chi connectivity index (χ1) is 10.2. The molecule has 1 N–H and O–H groups in total. The number of carbonyl (C=O) groups excluding carboxylic acids is 1. The first-order valence-corrected chi connectivity index (χ1v) is 8.84. The molecular weight excluding hydrogens is 264 g/mol. The zero-order chi connectivity index (χ0) is 15.3. The number of hydrogen-bond acceptors (Lipinski definition) is 4. The van der Waals surface area contributed by atoms with Crippen molar-refractivity contribution in [1.29, 1.82) is 0 Å². The van der Waals surface area contributed by atoms with Crippen LogP contribution in [0.15, 0.2) is 0 Å². The van der Waals surface area contributed by atoms with E-state index in [9.17, 15) is 4.79 Å². The molecule has 21 heavy (non-hydrogen) atoms. The van der Waals surface area contributed by atoms with Gasteiger partial charge in [0.2, 0.25) is 0 Å². The van der Waals surface area contributed by atoms with E-state index in [4.69, 9.17) is 4.74 Å². The fourth-order valence-electron chi connectivity index (χ4n) is 3.84. The largest absolute Gasteiger partial charge is 0.465 e. The molecule has 0 bridgehead atoms. The summed E-state index contributed by atoms with van der Waals surface area (Å²) < 4.78 is 5.44. The maximum Gasteiger partial charge on any atom is 0.327 e. The molecule has 1 saturated carbocycles. The van der Waals surface area contributed by atoms with Crippen LogP contribution in [0.5, 0.6) is 0 Å². The van der Waals surface area contributed by atoms with Gasteiger partial charge < -0.3 is 10.1 Å². The van der Waals surface area contributed by atoms with Crippen molar-refractivity contribution < 1.29 is 9.53 Å². The molecule has 0 aromatic rings. The number of likely N-dealkylation sites (tertiary alicyclic amines) is 1. The molecule has 1 heterocycles. The van der Waals surface area contributed by atoms with E-state index >= 15 is 0 Å². The number of esters is 1. The Hall–Kier alpha value is -0.610. The molecule has 4 nitrogen and oxygen atoms in total. The number of piperidine rings is 1. The van der Waals surface area contributed by atoms with Crippen LogP contribution in [0.25, 0.3) is 0 Å². The summed E-state index contributed by atoms with van der Waals surface area (Å²) in [6.45, 7) is 9.48. The van der Waals surface area contributed by atoms with Crippen LogP contribution in [0, 0.1) is 5.92 Å². The number of ether oxygens (including phenoxy) is 1. The summed E-state index contributed by atoms with van der Waals surface area (Å²) in [6, 6.07) is 0.630. The van der Waals surface area contributed by atoms with E-state index in [2.05, 4.69) is 24.1 Å². The SMILES string of the molecule is CCNC(CN1CCCCC1CC)(C(=O)OCC)C1CC1. The first kappa shape index (κ1) is 16.8. The minimum Gasteiger partial charge on any atom is -0.465 e. The predicted molar refractivity (Wildman–Crippen MR) is 85.3 cm³/mol. The Kier molecular flexibility index (Phi) is 6.06. The summed E-state index contributed by atoms with van der Waals surface area (Å²) in [5.74, 6) is 0.422. The molecule has 0 aromatic heterocycles. The Morgan fingerprint density at radius 1 is 1.24 bits per heavy atom. The maximum atomic E-state index is 12.7. The third-order valence-electron chi connectivity index (χ3n) is 5.08. The third kappa shape index (κ3) is 3.78. The molecule has 2 fully saturated rings. The Labute approximate surface area is 129 Å². The summed E-state index contributed by atoms with van der Waals surface area (Å²) in [7, 11) is 0. The van der Waals surface area contributed by atoms with Gasteiger partial charge in [0, 0.05) is 12.6 Å². The van der Waals surface area contributed by atoms with Crippen LogP contribution in [0.3, 0.4) is 0 Å². The van der Waals surface area contributed by atoms with Crippen LogP contribution < -0.4 is 5.32 Å². The number of rotatable bonds is 8. The van der Waals surface area contributed by atoms with Crippen molar-refractivity contribution in [2.75, 3.05) is 26.2 Å². The van der Waals surface area contributed by atoms with Gasteiger partial charge in [0.15, 0.2) is 0 Å². The van der Waals surface area contributed by atoms with Crippen LogP contribution >= 0.6 is 0 Å². The number of nitrogens with one attached hydrogen (secondary N) is 1. The number of likely N-dealkylation sites (N-methyl/N-ethyl adjacent to an activating group) is 1. The highest BCUT2D eigenvalue weighted by Crippen LogP contribution is 2.42.